The van der Waals surface area contributed by atoms with E-state index < -0.39 is 5.91 Å². The van der Waals surface area contributed by atoms with Crippen molar-refractivity contribution in [1.82, 2.24) is 19.9 Å². The second-order valence-electron chi connectivity index (χ2n) is 6.03. The number of ether oxygens (including phenoxy) is 1. The predicted molar refractivity (Wildman–Crippen MR) is 106 cm³/mol. The lowest BCUT2D eigenvalue weighted by atomic mass is 10.1. The van der Waals surface area contributed by atoms with Crippen LogP contribution in [-0.4, -0.2) is 39.0 Å². The van der Waals surface area contributed by atoms with E-state index in [0.717, 1.165) is 16.8 Å². The molecule has 2 aromatic heterocycles. The highest BCUT2D eigenvalue weighted by Crippen LogP contribution is 2.23. The standard InChI is InChI=1S/C20H18N6O2/c21-17(27)13-6-8-14(9-7-13)18-25-19(16-20(26-18)24-12-23-16)22-10-11-28-15-4-2-1-3-5-15/h1-9,12H,10-11H2,(H2,21,27)(H2,22,23,24,25,26). The van der Waals surface area contributed by atoms with Crippen molar-refractivity contribution in [3.8, 4) is 17.1 Å². The van der Waals surface area contributed by atoms with Crippen molar-refractivity contribution in [1.29, 1.82) is 0 Å². The normalized spacial score (nSPS) is 10.7. The average Bonchev–Trinajstić information content (AvgIpc) is 3.21. The summed E-state index contributed by atoms with van der Waals surface area (Å²) in [6.07, 6.45) is 1.57. The molecule has 4 rings (SSSR count). The Morgan fingerprint density at radius 3 is 2.61 bits per heavy atom. The number of nitrogens with one attached hydrogen (secondary N) is 2. The minimum absolute atomic E-state index is 0.431. The lowest BCUT2D eigenvalue weighted by molar-refractivity contribution is 0.100. The Kier molecular flexibility index (Phi) is 4.83. The molecule has 4 N–H and O–H groups in total. The van der Waals surface area contributed by atoms with E-state index in [-0.39, 0.29) is 0 Å². The van der Waals surface area contributed by atoms with E-state index in [0.29, 0.717) is 36.0 Å². The third kappa shape index (κ3) is 3.75. The van der Waals surface area contributed by atoms with Gasteiger partial charge in [-0.05, 0) is 24.3 Å². The third-order valence-electron chi connectivity index (χ3n) is 4.12. The number of aromatic amines is 1. The van der Waals surface area contributed by atoms with E-state index in [1.165, 1.54) is 0 Å². The molecule has 8 heteroatoms. The van der Waals surface area contributed by atoms with Crippen LogP contribution < -0.4 is 15.8 Å². The van der Waals surface area contributed by atoms with Gasteiger partial charge in [0.2, 0.25) is 5.91 Å². The molecule has 0 saturated heterocycles. The van der Waals surface area contributed by atoms with Gasteiger partial charge in [-0.3, -0.25) is 4.79 Å². The van der Waals surface area contributed by atoms with Crippen molar-refractivity contribution < 1.29 is 9.53 Å². The van der Waals surface area contributed by atoms with Crippen molar-refractivity contribution in [2.24, 2.45) is 5.73 Å². The van der Waals surface area contributed by atoms with Gasteiger partial charge >= 0.3 is 0 Å². The highest BCUT2D eigenvalue weighted by Gasteiger charge is 2.12. The first-order chi connectivity index (χ1) is 13.7. The molecular weight excluding hydrogens is 356 g/mol. The van der Waals surface area contributed by atoms with Gasteiger partial charge in [0.25, 0.3) is 0 Å². The van der Waals surface area contributed by atoms with Gasteiger partial charge in [0.15, 0.2) is 17.3 Å². The van der Waals surface area contributed by atoms with E-state index in [9.17, 15) is 4.79 Å². The summed E-state index contributed by atoms with van der Waals surface area (Å²) in [7, 11) is 0. The molecular formula is C20H18N6O2. The number of nitrogens with two attached hydrogens (primary N) is 1. The van der Waals surface area contributed by atoms with Gasteiger partial charge in [0.05, 0.1) is 12.9 Å². The molecule has 0 atom stereocenters. The number of anilines is 1. The van der Waals surface area contributed by atoms with Crippen LogP contribution in [0.3, 0.4) is 0 Å². The fourth-order valence-electron chi connectivity index (χ4n) is 2.73. The highest BCUT2D eigenvalue weighted by molar-refractivity contribution is 5.93. The topological polar surface area (TPSA) is 119 Å². The second kappa shape index (κ2) is 7.75. The van der Waals surface area contributed by atoms with E-state index in [1.54, 1.807) is 30.6 Å². The van der Waals surface area contributed by atoms with Crippen molar-refractivity contribution in [2.45, 2.75) is 0 Å². The average molecular weight is 374 g/mol. The number of aromatic nitrogens is 4. The maximum Gasteiger partial charge on any atom is 0.248 e. The van der Waals surface area contributed by atoms with Crippen LogP contribution in [0, 0.1) is 0 Å². The first kappa shape index (κ1) is 17.5. The maximum absolute atomic E-state index is 11.2. The zero-order valence-electron chi connectivity index (χ0n) is 14.9. The molecule has 0 aliphatic heterocycles. The third-order valence-corrected chi connectivity index (χ3v) is 4.12. The van der Waals surface area contributed by atoms with Crippen LogP contribution in [0.25, 0.3) is 22.6 Å². The maximum atomic E-state index is 11.2. The van der Waals surface area contributed by atoms with Crippen molar-refractivity contribution in [2.75, 3.05) is 18.5 Å². The van der Waals surface area contributed by atoms with Crippen LogP contribution in [0.1, 0.15) is 10.4 Å². The summed E-state index contributed by atoms with van der Waals surface area (Å²) in [5.41, 5.74) is 7.76. The zero-order chi connectivity index (χ0) is 19.3. The van der Waals surface area contributed by atoms with E-state index in [4.69, 9.17) is 10.5 Å². The Morgan fingerprint density at radius 2 is 1.86 bits per heavy atom. The van der Waals surface area contributed by atoms with Gasteiger partial charge < -0.3 is 20.8 Å². The number of benzene rings is 2. The summed E-state index contributed by atoms with van der Waals surface area (Å²) < 4.78 is 5.70. The number of amides is 1. The Hall–Kier alpha value is -3.94. The van der Waals surface area contributed by atoms with Gasteiger partial charge in [-0.15, -0.1) is 0 Å². The number of nitrogens with zero attached hydrogens (tertiary/aromatic N) is 3. The Balaban J connectivity index is 1.52. The molecule has 0 fully saturated rings. The number of carbonyl (C=O) groups is 1. The van der Waals surface area contributed by atoms with Crippen LogP contribution in [-0.2, 0) is 0 Å². The number of imidazole rings is 1. The molecule has 0 spiro atoms. The monoisotopic (exact) mass is 374 g/mol. The first-order valence-electron chi connectivity index (χ1n) is 8.74. The second-order valence-corrected chi connectivity index (χ2v) is 6.03. The fraction of sp³-hybridized carbons (Fsp3) is 0.100. The number of H-pyrrole nitrogens is 1. The van der Waals surface area contributed by atoms with E-state index in [2.05, 4.69) is 25.3 Å². The van der Waals surface area contributed by atoms with Crippen LogP contribution in [0.2, 0.25) is 0 Å². The molecule has 0 unspecified atom stereocenters. The minimum Gasteiger partial charge on any atom is -0.492 e. The number of hydrogen-bond acceptors (Lipinski definition) is 6. The largest absolute Gasteiger partial charge is 0.492 e. The summed E-state index contributed by atoms with van der Waals surface area (Å²) in [4.78, 5) is 27.6. The summed E-state index contributed by atoms with van der Waals surface area (Å²) in [6, 6.07) is 16.4. The number of primary amides is 1. The molecule has 0 radical (unpaired) electrons. The zero-order valence-corrected chi connectivity index (χ0v) is 14.9. The summed E-state index contributed by atoms with van der Waals surface area (Å²) in [5.74, 6) is 1.47. The molecule has 8 nitrogen and oxygen atoms in total. The van der Waals surface area contributed by atoms with Gasteiger partial charge in [0.1, 0.15) is 17.9 Å². The van der Waals surface area contributed by atoms with E-state index in [1.807, 2.05) is 30.3 Å². The number of rotatable bonds is 7. The predicted octanol–water partition coefficient (Wildman–Crippen LogP) is 2.61. The molecule has 28 heavy (non-hydrogen) atoms. The molecule has 1 amide bonds. The summed E-state index contributed by atoms with van der Waals surface area (Å²) in [5, 5.41) is 3.26. The Bertz CT molecular complexity index is 1090. The van der Waals surface area contributed by atoms with Crippen LogP contribution >= 0.6 is 0 Å². The van der Waals surface area contributed by atoms with Crippen LogP contribution in [0.15, 0.2) is 60.9 Å². The molecule has 4 aromatic rings. The molecule has 0 bridgehead atoms. The number of fused-ring (bicyclic) bond motifs is 1. The summed E-state index contributed by atoms with van der Waals surface area (Å²) >= 11 is 0. The molecule has 2 heterocycles. The lowest BCUT2D eigenvalue weighted by Crippen LogP contribution is -2.13. The van der Waals surface area contributed by atoms with Gasteiger partial charge in [0, 0.05) is 11.1 Å². The SMILES string of the molecule is NC(=O)c1ccc(-c2nc(NCCOc3ccccc3)c3[nH]cnc3n2)cc1. The molecule has 0 aliphatic rings. The van der Waals surface area contributed by atoms with Gasteiger partial charge in [-0.1, -0.05) is 30.3 Å². The fourth-order valence-corrected chi connectivity index (χ4v) is 2.73. The molecule has 0 aliphatic carbocycles. The number of para-hydroxylation sites is 1. The van der Waals surface area contributed by atoms with Gasteiger partial charge in [-0.2, -0.15) is 0 Å². The van der Waals surface area contributed by atoms with Gasteiger partial charge in [-0.25, -0.2) is 15.0 Å². The molecule has 2 aromatic carbocycles. The first-order valence-corrected chi connectivity index (χ1v) is 8.74. The Morgan fingerprint density at radius 1 is 1.07 bits per heavy atom. The quantitative estimate of drug-likeness (QED) is 0.428. The highest BCUT2D eigenvalue weighted by atomic mass is 16.5. The van der Waals surface area contributed by atoms with Crippen molar-refractivity contribution >= 4 is 22.9 Å². The molecule has 140 valence electrons. The minimum atomic E-state index is -0.476. The van der Waals surface area contributed by atoms with Crippen molar-refractivity contribution in [3.05, 3.63) is 66.5 Å². The smallest absolute Gasteiger partial charge is 0.248 e. The number of hydrogen-bond donors (Lipinski definition) is 3. The number of carbonyl (C=O) groups excluding carboxylic acids is 1. The van der Waals surface area contributed by atoms with Crippen LogP contribution in [0.5, 0.6) is 5.75 Å². The van der Waals surface area contributed by atoms with E-state index >= 15 is 0 Å². The van der Waals surface area contributed by atoms with Crippen molar-refractivity contribution in [3.63, 3.8) is 0 Å². The summed E-state index contributed by atoms with van der Waals surface area (Å²) in [6.45, 7) is 1.03. The lowest BCUT2D eigenvalue weighted by Gasteiger charge is -2.10. The Labute approximate surface area is 160 Å². The van der Waals surface area contributed by atoms with Crippen LogP contribution in [0.4, 0.5) is 5.82 Å². The molecule has 0 saturated carbocycles.